The lowest BCUT2D eigenvalue weighted by molar-refractivity contribution is 0.513. The van der Waals surface area contributed by atoms with Gasteiger partial charge in [-0.25, -0.2) is 14.4 Å². The molecule has 0 amide bonds. The van der Waals surface area contributed by atoms with Gasteiger partial charge in [0.2, 0.25) is 0 Å². The summed E-state index contributed by atoms with van der Waals surface area (Å²) in [6.45, 7) is 4.92. The van der Waals surface area contributed by atoms with Crippen LogP contribution < -0.4 is 5.56 Å². The molecule has 0 atom stereocenters. The molecule has 2 aromatic heterocycles. The minimum absolute atomic E-state index is 0.212. The zero-order valence-electron chi connectivity index (χ0n) is 21.0. The molecule has 3 aromatic rings. The first-order chi connectivity index (χ1) is 17.0. The predicted octanol–water partition coefficient (Wildman–Crippen LogP) is 6.89. The summed E-state index contributed by atoms with van der Waals surface area (Å²) in [5.41, 5.74) is 2.34. The number of nitrogens with zero attached hydrogens (tertiary/aromatic N) is 4. The lowest BCUT2D eigenvalue weighted by Gasteiger charge is -2.14. The Bertz CT molecular complexity index is 1080. The summed E-state index contributed by atoms with van der Waals surface area (Å²) >= 11 is 1.52. The molecule has 0 fully saturated rings. The molecule has 0 aliphatic rings. The fraction of sp³-hybridized carbons (Fsp3) is 0.500. The van der Waals surface area contributed by atoms with Crippen LogP contribution >= 0.6 is 11.8 Å². The fourth-order valence-corrected chi connectivity index (χ4v) is 4.92. The average Bonchev–Trinajstić information content (AvgIpc) is 2.86. The van der Waals surface area contributed by atoms with E-state index in [1.54, 1.807) is 24.5 Å². The second kappa shape index (κ2) is 14.8. The lowest BCUT2D eigenvalue weighted by Crippen LogP contribution is -2.20. The Balaban J connectivity index is 1.64. The van der Waals surface area contributed by atoms with Crippen molar-refractivity contribution in [2.45, 2.75) is 95.5 Å². The molecule has 0 unspecified atom stereocenters. The molecule has 0 spiro atoms. The lowest BCUT2D eigenvalue weighted by atomic mass is 10.1. The van der Waals surface area contributed by atoms with Crippen molar-refractivity contribution >= 4 is 11.8 Å². The second-order valence-corrected chi connectivity index (χ2v) is 10.0. The van der Waals surface area contributed by atoms with E-state index in [-0.39, 0.29) is 11.4 Å². The second-order valence-electron chi connectivity index (χ2n) is 9.11. The minimum Gasteiger partial charge on any atom is -0.327 e. The molecule has 3 rings (SSSR count). The smallest absolute Gasteiger partial charge is 0.277 e. The Morgan fingerprint density at radius 2 is 1.51 bits per heavy atom. The zero-order valence-corrected chi connectivity index (χ0v) is 21.8. The standard InChI is InChI=1S/C28H37FN4OS/c1-3-4-5-6-7-8-9-10-11-16-33-20-25(17-24-18-30-22(2)31-19-24)27(34)32-28(33)35-21-23-12-14-26(29)15-13-23/h12-15,18-20H,3-11,16-17,21H2,1-2H3. The van der Waals surface area contributed by atoms with Crippen LogP contribution in [-0.4, -0.2) is 19.5 Å². The monoisotopic (exact) mass is 496 g/mol. The number of aryl methyl sites for hydroxylation is 2. The number of unbranched alkanes of at least 4 members (excludes halogenated alkanes) is 8. The van der Waals surface area contributed by atoms with E-state index in [0.29, 0.717) is 28.7 Å². The molecule has 0 aliphatic carbocycles. The van der Waals surface area contributed by atoms with Crippen LogP contribution in [0.1, 0.15) is 87.2 Å². The van der Waals surface area contributed by atoms with Crippen LogP contribution in [0.3, 0.4) is 0 Å². The maximum atomic E-state index is 13.2. The molecule has 35 heavy (non-hydrogen) atoms. The van der Waals surface area contributed by atoms with Crippen molar-refractivity contribution in [2.24, 2.45) is 0 Å². The van der Waals surface area contributed by atoms with Crippen LogP contribution in [0.15, 0.2) is 52.8 Å². The summed E-state index contributed by atoms with van der Waals surface area (Å²) in [5, 5.41) is 0.711. The minimum atomic E-state index is -0.247. The van der Waals surface area contributed by atoms with Crippen LogP contribution in [0.2, 0.25) is 0 Å². The number of halogens is 1. The first kappa shape index (κ1) is 27.1. The normalized spacial score (nSPS) is 11.2. The number of hydrogen-bond donors (Lipinski definition) is 0. The van der Waals surface area contributed by atoms with Gasteiger partial charge in [0.1, 0.15) is 11.6 Å². The van der Waals surface area contributed by atoms with E-state index in [1.165, 1.54) is 75.3 Å². The van der Waals surface area contributed by atoms with Gasteiger partial charge in [0.15, 0.2) is 5.16 Å². The van der Waals surface area contributed by atoms with Crippen LogP contribution in [-0.2, 0) is 18.7 Å². The first-order valence-corrected chi connectivity index (χ1v) is 13.8. The maximum absolute atomic E-state index is 13.2. The van der Waals surface area contributed by atoms with Crippen molar-refractivity contribution in [3.8, 4) is 0 Å². The molecule has 188 valence electrons. The van der Waals surface area contributed by atoms with Gasteiger partial charge in [-0.3, -0.25) is 4.79 Å². The van der Waals surface area contributed by atoms with Crippen LogP contribution in [0.25, 0.3) is 0 Å². The number of rotatable bonds is 15. The molecule has 0 aliphatic heterocycles. The third-order valence-corrected chi connectivity index (χ3v) is 7.10. The Morgan fingerprint density at radius 1 is 0.886 bits per heavy atom. The van der Waals surface area contributed by atoms with E-state index in [9.17, 15) is 9.18 Å². The SMILES string of the molecule is CCCCCCCCCCCn1cc(Cc2cnc(C)nc2)c(=O)nc1SCc1ccc(F)cc1. The summed E-state index contributed by atoms with van der Waals surface area (Å²) < 4.78 is 15.4. The van der Waals surface area contributed by atoms with Crippen molar-refractivity contribution in [3.63, 3.8) is 0 Å². The largest absolute Gasteiger partial charge is 0.327 e. The van der Waals surface area contributed by atoms with E-state index >= 15 is 0 Å². The topological polar surface area (TPSA) is 60.7 Å². The van der Waals surface area contributed by atoms with Crippen molar-refractivity contribution in [1.82, 2.24) is 19.5 Å². The van der Waals surface area contributed by atoms with Gasteiger partial charge in [-0.05, 0) is 36.6 Å². The molecule has 0 N–H and O–H groups in total. The van der Waals surface area contributed by atoms with E-state index in [2.05, 4.69) is 26.4 Å². The van der Waals surface area contributed by atoms with E-state index < -0.39 is 0 Å². The third-order valence-electron chi connectivity index (χ3n) is 6.04. The third kappa shape index (κ3) is 9.55. The highest BCUT2D eigenvalue weighted by atomic mass is 32.2. The Hall–Kier alpha value is -2.54. The van der Waals surface area contributed by atoms with E-state index in [4.69, 9.17) is 0 Å². The van der Waals surface area contributed by atoms with Gasteiger partial charge in [0, 0.05) is 42.9 Å². The van der Waals surface area contributed by atoms with Gasteiger partial charge in [-0.2, -0.15) is 4.98 Å². The molecule has 0 radical (unpaired) electrons. The summed E-state index contributed by atoms with van der Waals surface area (Å²) in [4.78, 5) is 25.7. The fourth-order valence-electron chi connectivity index (χ4n) is 3.97. The molecule has 0 saturated carbocycles. The Labute approximate surface area is 212 Å². The summed E-state index contributed by atoms with van der Waals surface area (Å²) in [7, 11) is 0. The first-order valence-electron chi connectivity index (χ1n) is 12.8. The molecule has 0 bridgehead atoms. The van der Waals surface area contributed by atoms with E-state index in [1.807, 2.05) is 13.1 Å². The summed E-state index contributed by atoms with van der Waals surface area (Å²) in [6, 6.07) is 6.48. The van der Waals surface area contributed by atoms with Gasteiger partial charge in [-0.15, -0.1) is 0 Å². The number of aromatic nitrogens is 4. The highest BCUT2D eigenvalue weighted by Crippen LogP contribution is 2.22. The Morgan fingerprint density at radius 3 is 2.17 bits per heavy atom. The van der Waals surface area contributed by atoms with Crippen molar-refractivity contribution in [3.05, 3.63) is 81.5 Å². The van der Waals surface area contributed by atoms with Crippen molar-refractivity contribution < 1.29 is 4.39 Å². The van der Waals surface area contributed by atoms with Crippen LogP contribution in [0, 0.1) is 12.7 Å². The van der Waals surface area contributed by atoms with Crippen molar-refractivity contribution in [2.75, 3.05) is 0 Å². The van der Waals surface area contributed by atoms with Gasteiger partial charge in [0.25, 0.3) is 5.56 Å². The molecule has 2 heterocycles. The highest BCUT2D eigenvalue weighted by Gasteiger charge is 2.11. The Kier molecular flexibility index (Phi) is 11.4. The molecule has 7 heteroatoms. The average molecular weight is 497 g/mol. The molecule has 1 aromatic carbocycles. The highest BCUT2D eigenvalue weighted by molar-refractivity contribution is 7.98. The molecular weight excluding hydrogens is 459 g/mol. The predicted molar refractivity (Wildman–Crippen MR) is 141 cm³/mol. The zero-order chi connectivity index (χ0) is 24.9. The molecule has 0 saturated heterocycles. The maximum Gasteiger partial charge on any atom is 0.277 e. The quantitative estimate of drug-likeness (QED) is 0.130. The van der Waals surface area contributed by atoms with Crippen LogP contribution in [0.5, 0.6) is 0 Å². The van der Waals surface area contributed by atoms with Crippen molar-refractivity contribution in [1.29, 1.82) is 0 Å². The van der Waals surface area contributed by atoms with Gasteiger partial charge < -0.3 is 4.57 Å². The summed E-state index contributed by atoms with van der Waals surface area (Å²) in [6.07, 6.45) is 17.3. The van der Waals surface area contributed by atoms with Gasteiger partial charge >= 0.3 is 0 Å². The number of thioether (sulfide) groups is 1. The molecular formula is C28H37FN4OS. The number of hydrogen-bond acceptors (Lipinski definition) is 5. The van der Waals surface area contributed by atoms with E-state index in [0.717, 1.165) is 24.1 Å². The molecule has 5 nitrogen and oxygen atoms in total. The summed E-state index contributed by atoms with van der Waals surface area (Å²) in [5.74, 6) is 1.10. The number of benzene rings is 1. The van der Waals surface area contributed by atoms with Gasteiger partial charge in [-0.1, -0.05) is 82.2 Å². The van der Waals surface area contributed by atoms with Gasteiger partial charge in [0.05, 0.1) is 0 Å². The van der Waals surface area contributed by atoms with Crippen LogP contribution in [0.4, 0.5) is 4.39 Å².